The Morgan fingerprint density at radius 2 is 2.00 bits per heavy atom. The summed E-state index contributed by atoms with van der Waals surface area (Å²) in [6.45, 7) is 0.653. The smallest absolute Gasteiger partial charge is 0.129 e. The topological polar surface area (TPSA) is 35.5 Å². The summed E-state index contributed by atoms with van der Waals surface area (Å²) in [6, 6.07) is 11.2. The van der Waals surface area contributed by atoms with Crippen LogP contribution < -0.4 is 10.2 Å². The molecule has 0 spiro atoms. The van der Waals surface area contributed by atoms with E-state index in [1.54, 1.807) is 6.07 Å². The molecule has 0 atom stereocenters. The highest BCUT2D eigenvalue weighted by molar-refractivity contribution is 9.10. The second kappa shape index (κ2) is 6.37. The molecule has 0 aliphatic heterocycles. The van der Waals surface area contributed by atoms with Gasteiger partial charge in [0, 0.05) is 20.6 Å². The number of anilines is 2. The number of phenols is 1. The van der Waals surface area contributed by atoms with Crippen molar-refractivity contribution in [3.05, 3.63) is 51.5 Å². The Hall–Kier alpha value is -1.39. The fraction of sp³-hybridized carbons (Fsp3) is 0.200. The first-order chi connectivity index (χ1) is 9.49. The van der Waals surface area contributed by atoms with Crippen LogP contribution in [-0.2, 0) is 6.54 Å². The van der Waals surface area contributed by atoms with Gasteiger partial charge >= 0.3 is 0 Å². The first kappa shape index (κ1) is 15.0. The summed E-state index contributed by atoms with van der Waals surface area (Å²) in [4.78, 5) is 1.98. The maximum atomic E-state index is 9.49. The Labute approximate surface area is 132 Å². The van der Waals surface area contributed by atoms with Crippen LogP contribution in [-0.4, -0.2) is 19.2 Å². The van der Waals surface area contributed by atoms with Crippen molar-refractivity contribution in [1.29, 1.82) is 0 Å². The highest BCUT2D eigenvalue weighted by Gasteiger charge is 2.09. The number of nitrogens with one attached hydrogen (secondary N) is 1. The largest absolute Gasteiger partial charge is 0.507 e. The maximum absolute atomic E-state index is 9.49. The van der Waals surface area contributed by atoms with Gasteiger partial charge in [-0.3, -0.25) is 0 Å². The monoisotopic (exact) mass is 354 g/mol. The van der Waals surface area contributed by atoms with E-state index in [4.69, 9.17) is 11.6 Å². The number of nitrogens with zero attached hydrogens (tertiary/aromatic N) is 1. The minimum atomic E-state index is 0.241. The minimum absolute atomic E-state index is 0.241. The summed E-state index contributed by atoms with van der Waals surface area (Å²) < 4.78 is 0.690. The van der Waals surface area contributed by atoms with Gasteiger partial charge in [0.05, 0.1) is 20.9 Å². The quantitative estimate of drug-likeness (QED) is 0.848. The molecule has 0 saturated heterocycles. The predicted molar refractivity (Wildman–Crippen MR) is 88.9 cm³/mol. The van der Waals surface area contributed by atoms with Crippen molar-refractivity contribution in [2.24, 2.45) is 0 Å². The van der Waals surface area contributed by atoms with E-state index in [0.717, 1.165) is 16.9 Å². The van der Waals surface area contributed by atoms with Crippen LogP contribution in [0, 0.1) is 0 Å². The van der Waals surface area contributed by atoms with Crippen LogP contribution in [0.1, 0.15) is 5.56 Å². The number of hydrogen-bond donors (Lipinski definition) is 2. The Morgan fingerprint density at radius 1 is 1.25 bits per heavy atom. The molecule has 0 aromatic heterocycles. The fourth-order valence-corrected chi connectivity index (χ4v) is 2.74. The zero-order chi connectivity index (χ0) is 14.7. The van der Waals surface area contributed by atoms with E-state index < -0.39 is 0 Å². The Kier molecular flexibility index (Phi) is 4.78. The molecule has 2 rings (SSSR count). The van der Waals surface area contributed by atoms with E-state index >= 15 is 0 Å². The first-order valence-electron chi connectivity index (χ1n) is 6.16. The highest BCUT2D eigenvalue weighted by atomic mass is 79.9. The van der Waals surface area contributed by atoms with Crippen molar-refractivity contribution in [1.82, 2.24) is 0 Å². The summed E-state index contributed by atoms with van der Waals surface area (Å²) in [5.74, 6) is 0.241. The van der Waals surface area contributed by atoms with E-state index in [-0.39, 0.29) is 5.75 Å². The molecule has 106 valence electrons. The van der Waals surface area contributed by atoms with Gasteiger partial charge in [0.15, 0.2) is 0 Å². The zero-order valence-electron chi connectivity index (χ0n) is 11.3. The maximum Gasteiger partial charge on any atom is 0.129 e. The number of aromatic hydroxyl groups is 1. The van der Waals surface area contributed by atoms with Crippen LogP contribution in [0.3, 0.4) is 0 Å². The van der Waals surface area contributed by atoms with Gasteiger partial charge in [-0.1, -0.05) is 23.7 Å². The molecular weight excluding hydrogens is 340 g/mol. The van der Waals surface area contributed by atoms with Gasteiger partial charge in [-0.25, -0.2) is 0 Å². The lowest BCUT2D eigenvalue weighted by molar-refractivity contribution is 0.471. The average Bonchev–Trinajstić information content (AvgIpc) is 2.39. The minimum Gasteiger partial charge on any atom is -0.507 e. The average molecular weight is 356 g/mol. The number of benzene rings is 2. The van der Waals surface area contributed by atoms with E-state index in [0.29, 0.717) is 16.0 Å². The number of halogens is 2. The molecule has 0 aliphatic carbocycles. The molecule has 0 saturated carbocycles. The van der Waals surface area contributed by atoms with Crippen molar-refractivity contribution < 1.29 is 5.11 Å². The summed E-state index contributed by atoms with van der Waals surface area (Å²) in [7, 11) is 3.92. The predicted octanol–water partition coefficient (Wildman–Crippen LogP) is 4.49. The molecule has 0 fully saturated rings. The second-order valence-electron chi connectivity index (χ2n) is 4.67. The molecule has 0 unspecified atom stereocenters. The van der Waals surface area contributed by atoms with Gasteiger partial charge in [-0.2, -0.15) is 0 Å². The third kappa shape index (κ3) is 3.38. The molecule has 5 heteroatoms. The molecule has 2 aromatic carbocycles. The van der Waals surface area contributed by atoms with Crippen LogP contribution in [0.5, 0.6) is 5.75 Å². The van der Waals surface area contributed by atoms with Crippen LogP contribution in [0.4, 0.5) is 11.4 Å². The molecule has 0 amide bonds. The van der Waals surface area contributed by atoms with Crippen LogP contribution >= 0.6 is 27.5 Å². The van der Waals surface area contributed by atoms with Crippen molar-refractivity contribution >= 4 is 38.9 Å². The molecular formula is C15H16BrClN2O. The van der Waals surface area contributed by atoms with E-state index in [1.165, 1.54) is 0 Å². The van der Waals surface area contributed by atoms with Crippen LogP contribution in [0.15, 0.2) is 40.9 Å². The Bertz CT molecular complexity index is 617. The van der Waals surface area contributed by atoms with Gasteiger partial charge in [-0.05, 0) is 45.8 Å². The molecule has 0 aliphatic rings. The lowest BCUT2D eigenvalue weighted by Gasteiger charge is -2.20. The van der Waals surface area contributed by atoms with Crippen LogP contribution in [0.25, 0.3) is 0 Å². The standard InChI is InChI=1S/C15H16BrClN2O/c1-19(2)15-12(17)4-3-5-13(15)18-9-10-6-7-14(20)11(16)8-10/h3-8,18,20H,9H2,1-2H3. The van der Waals surface area contributed by atoms with Gasteiger partial charge in [0.1, 0.15) is 5.75 Å². The third-order valence-electron chi connectivity index (χ3n) is 2.93. The molecule has 2 N–H and O–H groups in total. The molecule has 0 bridgehead atoms. The lowest BCUT2D eigenvalue weighted by atomic mass is 10.2. The number of rotatable bonds is 4. The summed E-state index contributed by atoms with van der Waals surface area (Å²) in [5.41, 5.74) is 3.01. The zero-order valence-corrected chi connectivity index (χ0v) is 13.7. The first-order valence-corrected chi connectivity index (χ1v) is 7.33. The van der Waals surface area contributed by atoms with Gasteiger partial charge in [0.25, 0.3) is 0 Å². The normalized spacial score (nSPS) is 10.4. The molecule has 2 aromatic rings. The lowest BCUT2D eigenvalue weighted by Crippen LogP contribution is -2.12. The highest BCUT2D eigenvalue weighted by Crippen LogP contribution is 2.33. The summed E-state index contributed by atoms with van der Waals surface area (Å²) >= 11 is 9.54. The van der Waals surface area contributed by atoms with E-state index in [1.807, 2.05) is 49.3 Å². The third-order valence-corrected chi connectivity index (χ3v) is 3.87. The van der Waals surface area contributed by atoms with Gasteiger partial charge < -0.3 is 15.3 Å². The van der Waals surface area contributed by atoms with Crippen molar-refractivity contribution in [3.8, 4) is 5.75 Å². The molecule has 0 heterocycles. The Balaban J connectivity index is 2.18. The molecule has 0 radical (unpaired) electrons. The Morgan fingerprint density at radius 3 is 2.65 bits per heavy atom. The second-order valence-corrected chi connectivity index (χ2v) is 5.93. The van der Waals surface area contributed by atoms with E-state index in [2.05, 4.69) is 21.2 Å². The number of para-hydroxylation sites is 1. The van der Waals surface area contributed by atoms with Crippen molar-refractivity contribution in [2.45, 2.75) is 6.54 Å². The van der Waals surface area contributed by atoms with Gasteiger partial charge in [0.2, 0.25) is 0 Å². The molecule has 20 heavy (non-hydrogen) atoms. The fourth-order valence-electron chi connectivity index (χ4n) is 1.97. The summed E-state index contributed by atoms with van der Waals surface area (Å²) in [6.07, 6.45) is 0. The number of hydrogen-bond acceptors (Lipinski definition) is 3. The van der Waals surface area contributed by atoms with Crippen molar-refractivity contribution in [3.63, 3.8) is 0 Å². The van der Waals surface area contributed by atoms with Crippen molar-refractivity contribution in [2.75, 3.05) is 24.3 Å². The van der Waals surface area contributed by atoms with Gasteiger partial charge in [-0.15, -0.1) is 0 Å². The number of phenolic OH excluding ortho intramolecular Hbond substituents is 1. The van der Waals surface area contributed by atoms with E-state index in [9.17, 15) is 5.11 Å². The summed E-state index contributed by atoms with van der Waals surface area (Å²) in [5, 5.41) is 13.6. The van der Waals surface area contributed by atoms with Crippen LogP contribution in [0.2, 0.25) is 5.02 Å². The molecule has 3 nitrogen and oxygen atoms in total. The SMILES string of the molecule is CN(C)c1c(Cl)cccc1NCc1ccc(O)c(Br)c1.